The van der Waals surface area contributed by atoms with Crippen LogP contribution >= 0.6 is 0 Å². The predicted molar refractivity (Wildman–Crippen MR) is 148 cm³/mol. The van der Waals surface area contributed by atoms with E-state index < -0.39 is 29.3 Å². The Balaban J connectivity index is 1.58. The molecule has 1 heterocycles. The summed E-state index contributed by atoms with van der Waals surface area (Å²) in [5.41, 5.74) is 11.8. The first-order valence-electron chi connectivity index (χ1n) is 13.9. The van der Waals surface area contributed by atoms with Crippen LogP contribution in [0.5, 0.6) is 5.75 Å². The number of alkyl carbamates (subject to hydrolysis) is 1. The number of nitrogens with one attached hydrogen (secondary N) is 1. The fraction of sp³-hybridized carbons (Fsp3) is 0.690. The van der Waals surface area contributed by atoms with Gasteiger partial charge >= 0.3 is 12.1 Å². The molecule has 3 rings (SSSR count). The van der Waals surface area contributed by atoms with Gasteiger partial charge in [-0.2, -0.15) is 0 Å². The monoisotopic (exact) mass is 530 g/mol. The number of rotatable bonds is 11. The molecule has 1 aliphatic heterocycles. The second kappa shape index (κ2) is 12.4. The number of esters is 1. The minimum atomic E-state index is -1.01. The summed E-state index contributed by atoms with van der Waals surface area (Å²) in [5, 5.41) is 3.01. The Bertz CT molecular complexity index is 1020. The third kappa shape index (κ3) is 8.35. The van der Waals surface area contributed by atoms with Crippen LogP contribution in [0.3, 0.4) is 0 Å². The third-order valence-electron chi connectivity index (χ3n) is 7.26. The van der Waals surface area contributed by atoms with Gasteiger partial charge in [0, 0.05) is 12.5 Å². The molecule has 1 amide bonds. The molecule has 1 aromatic carbocycles. The average Bonchev–Trinajstić information content (AvgIpc) is 3.30. The number of amides is 1. The number of nitrogens with two attached hydrogens (primary N) is 2. The van der Waals surface area contributed by atoms with Crippen LogP contribution in [-0.2, 0) is 14.3 Å². The van der Waals surface area contributed by atoms with Crippen LogP contribution in [0, 0.1) is 5.92 Å². The van der Waals surface area contributed by atoms with Crippen molar-refractivity contribution in [3.63, 3.8) is 0 Å². The molecule has 38 heavy (non-hydrogen) atoms. The van der Waals surface area contributed by atoms with E-state index >= 15 is 0 Å². The molecule has 9 nitrogen and oxygen atoms in total. The van der Waals surface area contributed by atoms with Crippen LogP contribution in [0.4, 0.5) is 10.5 Å². The number of hydrogen-bond acceptors (Lipinski definition) is 8. The Morgan fingerprint density at radius 3 is 2.50 bits per heavy atom. The largest absolute Gasteiger partial charge is 0.481 e. The highest BCUT2D eigenvalue weighted by atomic mass is 16.6. The summed E-state index contributed by atoms with van der Waals surface area (Å²) in [7, 11) is 0. The first-order valence-corrected chi connectivity index (χ1v) is 13.9. The molecule has 0 saturated heterocycles. The lowest BCUT2D eigenvalue weighted by Crippen LogP contribution is -2.45. The van der Waals surface area contributed by atoms with Gasteiger partial charge in [0.2, 0.25) is 0 Å². The van der Waals surface area contributed by atoms with Gasteiger partial charge < -0.3 is 31.0 Å². The van der Waals surface area contributed by atoms with Crippen LogP contribution in [0.2, 0.25) is 0 Å². The molecule has 9 heteroatoms. The lowest BCUT2D eigenvalue weighted by atomic mass is 9.92. The van der Waals surface area contributed by atoms with Gasteiger partial charge in [-0.3, -0.25) is 0 Å². The summed E-state index contributed by atoms with van der Waals surface area (Å²) in [6.45, 7) is 11.5. The van der Waals surface area contributed by atoms with Gasteiger partial charge in [-0.25, -0.2) is 14.6 Å². The smallest absolute Gasteiger partial charge is 0.407 e. The van der Waals surface area contributed by atoms with Crippen LogP contribution in [0.25, 0.3) is 0 Å². The SMILES string of the molecule is CCCC(CC(C)(C)OC(=O)C(N)c1ccc2c(c1)N=C(N)C(C)O2)NC(=O)OC(C)(C)CC1CCCC1. The Hall–Kier alpha value is -2.81. The molecule has 1 aliphatic carbocycles. The molecule has 1 saturated carbocycles. The lowest BCUT2D eigenvalue weighted by molar-refractivity contribution is -0.159. The predicted octanol–water partition coefficient (Wildman–Crippen LogP) is 5.42. The van der Waals surface area contributed by atoms with E-state index in [1.807, 2.05) is 34.6 Å². The Morgan fingerprint density at radius 1 is 1.16 bits per heavy atom. The van der Waals surface area contributed by atoms with Gasteiger partial charge in [0.1, 0.15) is 34.5 Å². The van der Waals surface area contributed by atoms with Crippen LogP contribution in [0.15, 0.2) is 23.2 Å². The van der Waals surface area contributed by atoms with Crippen molar-refractivity contribution in [3.8, 4) is 5.75 Å². The standard InChI is InChI=1S/C29H46N4O5/c1-7-10-21(32-27(35)38-28(3,4)16-19-11-8-9-12-19)17-29(5,6)37-26(34)24(30)20-13-14-23-22(15-20)33-25(31)18(2)36-23/h13-15,18-19,21,24H,7-12,16-17,30H2,1-6H3,(H2,31,33)(H,32,35). The van der Waals surface area contributed by atoms with Crippen LogP contribution in [0.1, 0.15) is 105 Å². The van der Waals surface area contributed by atoms with E-state index in [0.29, 0.717) is 35.2 Å². The highest BCUT2D eigenvalue weighted by molar-refractivity contribution is 5.90. The fourth-order valence-electron chi connectivity index (χ4n) is 5.47. The number of carbonyl (C=O) groups excluding carboxylic acids is 2. The molecular formula is C29H46N4O5. The molecule has 2 aliphatic rings. The zero-order valence-corrected chi connectivity index (χ0v) is 23.8. The van der Waals surface area contributed by atoms with Crippen molar-refractivity contribution in [1.29, 1.82) is 0 Å². The lowest BCUT2D eigenvalue weighted by Gasteiger charge is -2.33. The van der Waals surface area contributed by atoms with Gasteiger partial charge in [-0.05, 0) is 71.1 Å². The van der Waals surface area contributed by atoms with Gasteiger partial charge in [-0.15, -0.1) is 0 Å². The van der Waals surface area contributed by atoms with Crippen molar-refractivity contribution in [3.05, 3.63) is 23.8 Å². The van der Waals surface area contributed by atoms with E-state index in [1.165, 1.54) is 25.7 Å². The fourth-order valence-corrected chi connectivity index (χ4v) is 5.47. The maximum Gasteiger partial charge on any atom is 0.407 e. The van der Waals surface area contributed by atoms with Crippen molar-refractivity contribution >= 4 is 23.6 Å². The first kappa shape index (κ1) is 29.7. The number of ether oxygens (including phenoxy) is 3. The molecule has 5 N–H and O–H groups in total. The molecule has 3 unspecified atom stereocenters. The van der Waals surface area contributed by atoms with Crippen molar-refractivity contribution in [1.82, 2.24) is 5.32 Å². The zero-order valence-electron chi connectivity index (χ0n) is 23.8. The van der Waals surface area contributed by atoms with Crippen molar-refractivity contribution in [2.24, 2.45) is 22.4 Å². The van der Waals surface area contributed by atoms with E-state index in [9.17, 15) is 9.59 Å². The molecule has 0 aromatic heterocycles. The van der Waals surface area contributed by atoms with E-state index in [1.54, 1.807) is 18.2 Å². The number of aliphatic imine (C=N–C) groups is 1. The van der Waals surface area contributed by atoms with E-state index in [0.717, 1.165) is 19.3 Å². The summed E-state index contributed by atoms with van der Waals surface area (Å²) in [6.07, 6.45) is 7.05. The average molecular weight is 531 g/mol. The molecule has 0 spiro atoms. The highest BCUT2D eigenvalue weighted by Gasteiger charge is 2.33. The molecular weight excluding hydrogens is 484 g/mol. The quantitative estimate of drug-likeness (QED) is 0.325. The Labute approximate surface area is 227 Å². The van der Waals surface area contributed by atoms with Gasteiger partial charge in [0.25, 0.3) is 0 Å². The Kier molecular flexibility index (Phi) is 9.68. The molecule has 1 aromatic rings. The van der Waals surface area contributed by atoms with Gasteiger partial charge in [0.05, 0.1) is 0 Å². The maximum absolute atomic E-state index is 13.0. The summed E-state index contributed by atoms with van der Waals surface area (Å²) >= 11 is 0. The number of hydrogen-bond donors (Lipinski definition) is 3. The Morgan fingerprint density at radius 2 is 1.84 bits per heavy atom. The minimum absolute atomic E-state index is 0.214. The molecule has 1 fully saturated rings. The molecule has 0 radical (unpaired) electrons. The van der Waals surface area contributed by atoms with E-state index in [4.69, 9.17) is 25.7 Å². The molecule has 212 valence electrons. The normalized spacial score (nSPS) is 19.6. The van der Waals surface area contributed by atoms with Gasteiger partial charge in [-0.1, -0.05) is 45.1 Å². The van der Waals surface area contributed by atoms with Gasteiger partial charge in [0.15, 0.2) is 6.10 Å². The van der Waals surface area contributed by atoms with Crippen LogP contribution in [-0.4, -0.2) is 41.2 Å². The summed E-state index contributed by atoms with van der Waals surface area (Å²) < 4.78 is 17.4. The number of benzene rings is 1. The minimum Gasteiger partial charge on any atom is -0.481 e. The van der Waals surface area contributed by atoms with Crippen molar-refractivity contribution < 1.29 is 23.8 Å². The topological polar surface area (TPSA) is 138 Å². The number of amidine groups is 1. The summed E-state index contributed by atoms with van der Waals surface area (Å²) in [6, 6.07) is 3.93. The summed E-state index contributed by atoms with van der Waals surface area (Å²) in [5.74, 6) is 1.000. The zero-order chi connectivity index (χ0) is 28.1. The van der Waals surface area contributed by atoms with Crippen molar-refractivity contribution in [2.45, 2.75) is 122 Å². The van der Waals surface area contributed by atoms with E-state index in [-0.39, 0.29) is 12.1 Å². The molecule has 3 atom stereocenters. The second-order valence-electron chi connectivity index (χ2n) is 12.0. The van der Waals surface area contributed by atoms with Crippen LogP contribution < -0.4 is 21.5 Å². The van der Waals surface area contributed by atoms with E-state index in [2.05, 4.69) is 17.2 Å². The number of nitrogens with zero attached hydrogens (tertiary/aromatic N) is 1. The number of fused-ring (bicyclic) bond motifs is 1. The second-order valence-corrected chi connectivity index (χ2v) is 12.0. The van der Waals surface area contributed by atoms with Crippen molar-refractivity contribution in [2.75, 3.05) is 0 Å². The first-order chi connectivity index (χ1) is 17.8. The molecule has 0 bridgehead atoms. The summed E-state index contributed by atoms with van der Waals surface area (Å²) in [4.78, 5) is 30.1. The number of carbonyl (C=O) groups is 2. The highest BCUT2D eigenvalue weighted by Crippen LogP contribution is 2.35. The maximum atomic E-state index is 13.0. The third-order valence-corrected chi connectivity index (χ3v) is 7.26.